The second-order valence-corrected chi connectivity index (χ2v) is 2.74. The predicted molar refractivity (Wildman–Crippen MR) is 51.6 cm³/mol. The average molecular weight is 211 g/mol. The Morgan fingerprint density at radius 2 is 2.00 bits per heavy atom. The summed E-state index contributed by atoms with van der Waals surface area (Å²) in [5.74, 6) is -1.20. The standard InChI is InChI=1S/C10H13NO4/c1-4-15-10(13)8(6-11)7(2)5-9(12)14-3/h4-5H2,1-3H3/b8-7+. The highest BCUT2D eigenvalue weighted by atomic mass is 16.5. The van der Waals surface area contributed by atoms with Gasteiger partial charge in [0.2, 0.25) is 0 Å². The first kappa shape index (κ1) is 13.2. The van der Waals surface area contributed by atoms with Gasteiger partial charge in [-0.05, 0) is 19.4 Å². The van der Waals surface area contributed by atoms with Crippen molar-refractivity contribution in [3.63, 3.8) is 0 Å². The Hall–Kier alpha value is -1.83. The summed E-state index contributed by atoms with van der Waals surface area (Å²) in [6, 6.07) is 1.71. The van der Waals surface area contributed by atoms with Gasteiger partial charge in [-0.2, -0.15) is 5.26 Å². The highest BCUT2D eigenvalue weighted by Gasteiger charge is 2.15. The molecule has 0 saturated heterocycles. The molecule has 5 heteroatoms. The lowest BCUT2D eigenvalue weighted by molar-refractivity contribution is -0.139. The summed E-state index contributed by atoms with van der Waals surface area (Å²) in [4.78, 5) is 22.1. The van der Waals surface area contributed by atoms with E-state index in [0.717, 1.165) is 0 Å². The van der Waals surface area contributed by atoms with E-state index >= 15 is 0 Å². The van der Waals surface area contributed by atoms with Crippen LogP contribution in [0.5, 0.6) is 0 Å². The van der Waals surface area contributed by atoms with Crippen molar-refractivity contribution in [2.45, 2.75) is 20.3 Å². The van der Waals surface area contributed by atoms with E-state index in [9.17, 15) is 9.59 Å². The van der Waals surface area contributed by atoms with Gasteiger partial charge in [0, 0.05) is 0 Å². The number of esters is 2. The third-order valence-corrected chi connectivity index (χ3v) is 1.66. The van der Waals surface area contributed by atoms with E-state index in [2.05, 4.69) is 9.47 Å². The Kier molecular flexibility index (Phi) is 5.79. The molecule has 0 unspecified atom stereocenters. The summed E-state index contributed by atoms with van der Waals surface area (Å²) >= 11 is 0. The number of carbonyl (C=O) groups is 2. The van der Waals surface area contributed by atoms with E-state index in [1.807, 2.05) is 0 Å². The maximum Gasteiger partial charge on any atom is 0.348 e. The van der Waals surface area contributed by atoms with Crippen molar-refractivity contribution in [1.29, 1.82) is 5.26 Å². The first-order valence-electron chi connectivity index (χ1n) is 4.40. The van der Waals surface area contributed by atoms with Gasteiger partial charge >= 0.3 is 11.9 Å². The van der Waals surface area contributed by atoms with Gasteiger partial charge in [0.05, 0.1) is 20.1 Å². The van der Waals surface area contributed by atoms with Gasteiger partial charge < -0.3 is 9.47 Å². The van der Waals surface area contributed by atoms with Gasteiger partial charge in [0.15, 0.2) is 0 Å². The van der Waals surface area contributed by atoms with Crippen molar-refractivity contribution < 1.29 is 19.1 Å². The zero-order valence-corrected chi connectivity index (χ0v) is 8.99. The molecule has 5 nitrogen and oxygen atoms in total. The van der Waals surface area contributed by atoms with Gasteiger partial charge in [-0.15, -0.1) is 0 Å². The minimum absolute atomic E-state index is 0.0851. The lowest BCUT2D eigenvalue weighted by Gasteiger charge is -2.04. The molecule has 15 heavy (non-hydrogen) atoms. The van der Waals surface area contributed by atoms with E-state index in [4.69, 9.17) is 5.26 Å². The fourth-order valence-electron chi connectivity index (χ4n) is 0.896. The van der Waals surface area contributed by atoms with Gasteiger partial charge in [0.25, 0.3) is 0 Å². The average Bonchev–Trinajstić information content (AvgIpc) is 2.19. The van der Waals surface area contributed by atoms with E-state index in [0.29, 0.717) is 5.57 Å². The summed E-state index contributed by atoms with van der Waals surface area (Å²) in [6.45, 7) is 3.35. The van der Waals surface area contributed by atoms with Crippen LogP contribution in [0.3, 0.4) is 0 Å². The smallest absolute Gasteiger partial charge is 0.348 e. The quantitative estimate of drug-likeness (QED) is 0.393. The Morgan fingerprint density at radius 3 is 2.40 bits per heavy atom. The largest absolute Gasteiger partial charge is 0.469 e. The van der Waals surface area contributed by atoms with Crippen LogP contribution in [0.15, 0.2) is 11.1 Å². The lowest BCUT2D eigenvalue weighted by atomic mass is 10.1. The van der Waals surface area contributed by atoms with Gasteiger partial charge in [-0.3, -0.25) is 4.79 Å². The van der Waals surface area contributed by atoms with Crippen LogP contribution in [-0.2, 0) is 19.1 Å². The molecule has 0 N–H and O–H groups in total. The molecule has 0 rings (SSSR count). The topological polar surface area (TPSA) is 76.4 Å². The highest BCUT2D eigenvalue weighted by molar-refractivity contribution is 5.94. The van der Waals surface area contributed by atoms with Crippen LogP contribution in [0.1, 0.15) is 20.3 Å². The first-order valence-corrected chi connectivity index (χ1v) is 4.40. The summed E-state index contributed by atoms with van der Waals surface area (Å²) in [7, 11) is 1.24. The molecular formula is C10H13NO4. The molecule has 0 atom stereocenters. The van der Waals surface area contributed by atoms with Crippen LogP contribution in [-0.4, -0.2) is 25.7 Å². The first-order chi connectivity index (χ1) is 7.06. The third-order valence-electron chi connectivity index (χ3n) is 1.66. The molecule has 0 fully saturated rings. The summed E-state index contributed by atoms with van der Waals surface area (Å²) in [5, 5.41) is 8.72. The van der Waals surface area contributed by atoms with E-state index < -0.39 is 11.9 Å². The zero-order valence-electron chi connectivity index (χ0n) is 8.99. The van der Waals surface area contributed by atoms with Gasteiger partial charge in [0.1, 0.15) is 11.6 Å². The molecule has 0 heterocycles. The monoisotopic (exact) mass is 211 g/mol. The van der Waals surface area contributed by atoms with Crippen molar-refractivity contribution in [3.8, 4) is 6.07 Å². The fourth-order valence-corrected chi connectivity index (χ4v) is 0.896. The molecule has 0 radical (unpaired) electrons. The molecular weight excluding hydrogens is 198 g/mol. The summed E-state index contributed by atoms with van der Waals surface area (Å²) in [6.07, 6.45) is -0.0851. The van der Waals surface area contributed by atoms with Crippen molar-refractivity contribution in [2.24, 2.45) is 0 Å². The molecule has 82 valence electrons. The molecule has 0 aromatic heterocycles. The Bertz CT molecular complexity index is 325. The summed E-state index contributed by atoms with van der Waals surface area (Å²) in [5.41, 5.74) is 0.213. The van der Waals surface area contributed by atoms with Gasteiger partial charge in [-0.25, -0.2) is 4.79 Å². The molecule has 0 aliphatic heterocycles. The highest BCUT2D eigenvalue weighted by Crippen LogP contribution is 2.10. The Labute approximate surface area is 88.3 Å². The second kappa shape index (κ2) is 6.60. The van der Waals surface area contributed by atoms with Crippen molar-refractivity contribution in [2.75, 3.05) is 13.7 Å². The van der Waals surface area contributed by atoms with Crippen LogP contribution >= 0.6 is 0 Å². The molecule has 0 spiro atoms. The van der Waals surface area contributed by atoms with Crippen LogP contribution < -0.4 is 0 Å². The predicted octanol–water partition coefficient (Wildman–Crippen LogP) is 0.953. The molecule has 0 aromatic carbocycles. The summed E-state index contributed by atoms with van der Waals surface area (Å²) < 4.78 is 9.08. The van der Waals surface area contributed by atoms with E-state index in [1.54, 1.807) is 13.0 Å². The van der Waals surface area contributed by atoms with Crippen LogP contribution in [0.25, 0.3) is 0 Å². The van der Waals surface area contributed by atoms with Gasteiger partial charge in [-0.1, -0.05) is 0 Å². The molecule has 0 aliphatic carbocycles. The third kappa shape index (κ3) is 4.27. The molecule has 0 bridgehead atoms. The molecule has 0 amide bonds. The van der Waals surface area contributed by atoms with Crippen LogP contribution in [0.4, 0.5) is 0 Å². The maximum absolute atomic E-state index is 11.2. The molecule has 0 saturated carbocycles. The Balaban J connectivity index is 4.76. The lowest BCUT2D eigenvalue weighted by Crippen LogP contribution is -2.10. The number of carbonyl (C=O) groups excluding carboxylic acids is 2. The minimum atomic E-state index is -0.707. The Morgan fingerprint density at radius 1 is 1.40 bits per heavy atom. The molecule has 0 aromatic rings. The number of rotatable bonds is 4. The number of methoxy groups -OCH3 is 1. The SMILES string of the molecule is CCOC(=O)/C(C#N)=C(\C)CC(=O)OC. The number of nitriles is 1. The number of ether oxygens (including phenoxy) is 2. The fraction of sp³-hybridized carbons (Fsp3) is 0.500. The normalized spacial score (nSPS) is 11.1. The van der Waals surface area contributed by atoms with E-state index in [-0.39, 0.29) is 18.6 Å². The molecule has 0 aliphatic rings. The minimum Gasteiger partial charge on any atom is -0.469 e. The van der Waals surface area contributed by atoms with Crippen molar-refractivity contribution >= 4 is 11.9 Å². The van der Waals surface area contributed by atoms with Crippen molar-refractivity contribution in [3.05, 3.63) is 11.1 Å². The number of hydrogen-bond donors (Lipinski definition) is 0. The van der Waals surface area contributed by atoms with Crippen molar-refractivity contribution in [1.82, 2.24) is 0 Å². The second-order valence-electron chi connectivity index (χ2n) is 2.74. The zero-order chi connectivity index (χ0) is 11.8. The maximum atomic E-state index is 11.2. The number of nitrogens with zero attached hydrogens (tertiary/aromatic N) is 1. The number of hydrogen-bond acceptors (Lipinski definition) is 5. The van der Waals surface area contributed by atoms with Crippen LogP contribution in [0, 0.1) is 11.3 Å². The van der Waals surface area contributed by atoms with Crippen LogP contribution in [0.2, 0.25) is 0 Å². The van der Waals surface area contributed by atoms with E-state index in [1.165, 1.54) is 14.0 Å².